The van der Waals surface area contributed by atoms with E-state index in [4.69, 9.17) is 9.26 Å². The summed E-state index contributed by atoms with van der Waals surface area (Å²) in [5, 5.41) is 14.5. The van der Waals surface area contributed by atoms with Crippen molar-refractivity contribution < 1.29 is 19.2 Å². The summed E-state index contributed by atoms with van der Waals surface area (Å²) < 4.78 is 10.9. The number of aliphatic hydroxyl groups is 1. The Morgan fingerprint density at radius 2 is 1.84 bits per heavy atom. The first-order chi connectivity index (χ1) is 15.3. The maximum atomic E-state index is 12.6. The summed E-state index contributed by atoms with van der Waals surface area (Å²) in [5.74, 6) is 0.682. The van der Waals surface area contributed by atoms with Crippen molar-refractivity contribution in [3.8, 4) is 11.4 Å². The largest absolute Gasteiger partial charge is 0.444 e. The Bertz CT molecular complexity index is 857. The highest BCUT2D eigenvalue weighted by Crippen LogP contribution is 2.33. The first-order valence-electron chi connectivity index (χ1n) is 11.9. The van der Waals surface area contributed by atoms with E-state index in [1.54, 1.807) is 0 Å². The second kappa shape index (κ2) is 10.9. The second-order valence-electron chi connectivity index (χ2n) is 9.65. The molecule has 7 heteroatoms. The van der Waals surface area contributed by atoms with Crippen LogP contribution in [-0.4, -0.2) is 44.5 Å². The number of ether oxygens (including phenoxy) is 1. The fraction of sp³-hybridized carbons (Fsp3) is 0.640. The van der Waals surface area contributed by atoms with Crippen molar-refractivity contribution in [3.63, 3.8) is 0 Å². The van der Waals surface area contributed by atoms with Crippen LogP contribution in [0.3, 0.4) is 0 Å². The van der Waals surface area contributed by atoms with E-state index in [1.807, 2.05) is 32.9 Å². The van der Waals surface area contributed by atoms with E-state index in [1.165, 1.54) is 49.0 Å². The van der Waals surface area contributed by atoms with Crippen LogP contribution in [0.15, 0.2) is 28.8 Å². The molecule has 2 aromatic rings. The van der Waals surface area contributed by atoms with Gasteiger partial charge >= 0.3 is 6.09 Å². The quantitative estimate of drug-likeness (QED) is 0.501. The molecule has 1 aromatic carbocycles. The number of carbonyl (C=O) groups is 1. The van der Waals surface area contributed by atoms with E-state index >= 15 is 0 Å². The molecule has 1 aromatic heterocycles. The normalized spacial score (nSPS) is 18.8. The maximum absolute atomic E-state index is 12.6. The standard InChI is InChI=1S/C25H37N3O4/c1-5-6-7-8-9-10-11-18-12-14-19(15-13-18)22-26-23(32-27-22)21-20(29)16-17-28(21)24(30)31-25(2,3)4/h12-15,20-21,29H,5-11,16-17H2,1-4H3/t20-,21-/m0/s1. The van der Waals surface area contributed by atoms with Crippen LogP contribution in [0.4, 0.5) is 4.79 Å². The third kappa shape index (κ3) is 6.55. The number of aromatic nitrogens is 2. The van der Waals surface area contributed by atoms with Gasteiger partial charge in [0.25, 0.3) is 5.89 Å². The van der Waals surface area contributed by atoms with Gasteiger partial charge in [0.15, 0.2) is 0 Å². The molecule has 0 unspecified atom stereocenters. The zero-order chi connectivity index (χ0) is 23.1. The fourth-order valence-electron chi connectivity index (χ4n) is 4.00. The van der Waals surface area contributed by atoms with E-state index in [9.17, 15) is 9.90 Å². The monoisotopic (exact) mass is 443 g/mol. The highest BCUT2D eigenvalue weighted by molar-refractivity contribution is 5.69. The van der Waals surface area contributed by atoms with Crippen molar-refractivity contribution in [3.05, 3.63) is 35.7 Å². The van der Waals surface area contributed by atoms with Gasteiger partial charge in [-0.3, -0.25) is 4.90 Å². The Kier molecular flexibility index (Phi) is 8.29. The molecule has 7 nitrogen and oxygen atoms in total. The third-order valence-electron chi connectivity index (χ3n) is 5.72. The number of aliphatic hydroxyl groups excluding tert-OH is 1. The lowest BCUT2D eigenvalue weighted by atomic mass is 10.0. The van der Waals surface area contributed by atoms with Crippen LogP contribution in [0.5, 0.6) is 0 Å². The SMILES string of the molecule is CCCCCCCCc1ccc(-c2noc([C@@H]3[C@@H](O)CCN3C(=O)OC(C)(C)C)n2)cc1. The molecule has 1 aliphatic heterocycles. The molecular weight excluding hydrogens is 406 g/mol. The first-order valence-corrected chi connectivity index (χ1v) is 11.9. The summed E-state index contributed by atoms with van der Waals surface area (Å²) in [6.45, 7) is 8.06. The van der Waals surface area contributed by atoms with Gasteiger partial charge in [-0.15, -0.1) is 0 Å². The number of nitrogens with zero attached hydrogens (tertiary/aromatic N) is 3. The Hall–Kier alpha value is -2.41. The van der Waals surface area contributed by atoms with Gasteiger partial charge in [0.05, 0.1) is 6.10 Å². The summed E-state index contributed by atoms with van der Waals surface area (Å²) in [5.41, 5.74) is 1.53. The molecule has 1 amide bonds. The zero-order valence-corrected chi connectivity index (χ0v) is 19.8. The van der Waals surface area contributed by atoms with Gasteiger partial charge in [0.1, 0.15) is 11.6 Å². The number of hydrogen-bond acceptors (Lipinski definition) is 6. The number of carbonyl (C=O) groups excluding carboxylic acids is 1. The molecule has 2 atom stereocenters. The van der Waals surface area contributed by atoms with Crippen LogP contribution in [0.25, 0.3) is 11.4 Å². The minimum atomic E-state index is -0.768. The van der Waals surface area contributed by atoms with Crippen molar-refractivity contribution in [1.29, 1.82) is 0 Å². The Morgan fingerprint density at radius 3 is 2.53 bits per heavy atom. The number of unbranched alkanes of at least 4 members (excludes halogenated alkanes) is 5. The molecule has 0 saturated carbocycles. The third-order valence-corrected chi connectivity index (χ3v) is 5.72. The molecule has 2 heterocycles. The summed E-state index contributed by atoms with van der Waals surface area (Å²) in [7, 11) is 0. The van der Waals surface area contributed by atoms with Crippen LogP contribution in [0.1, 0.15) is 90.1 Å². The molecule has 1 aliphatic rings. The molecule has 3 rings (SSSR count). The maximum Gasteiger partial charge on any atom is 0.411 e. The van der Waals surface area contributed by atoms with Crippen LogP contribution >= 0.6 is 0 Å². The van der Waals surface area contributed by atoms with E-state index in [-0.39, 0.29) is 5.89 Å². The van der Waals surface area contributed by atoms with Gasteiger partial charge in [-0.1, -0.05) is 68.4 Å². The lowest BCUT2D eigenvalue weighted by Crippen LogP contribution is -2.38. The number of hydrogen-bond donors (Lipinski definition) is 1. The van der Waals surface area contributed by atoms with E-state index in [0.717, 1.165) is 12.0 Å². The smallest absolute Gasteiger partial charge is 0.411 e. The minimum Gasteiger partial charge on any atom is -0.444 e. The van der Waals surface area contributed by atoms with Crippen molar-refractivity contribution in [2.45, 2.75) is 96.8 Å². The Morgan fingerprint density at radius 1 is 1.16 bits per heavy atom. The van der Waals surface area contributed by atoms with Crippen LogP contribution in [-0.2, 0) is 11.2 Å². The highest BCUT2D eigenvalue weighted by Gasteiger charge is 2.42. The lowest BCUT2D eigenvalue weighted by Gasteiger charge is -2.27. The molecule has 0 bridgehead atoms. The van der Waals surface area contributed by atoms with Crippen molar-refractivity contribution in [2.75, 3.05) is 6.54 Å². The van der Waals surface area contributed by atoms with Gasteiger partial charge in [-0.05, 0) is 45.6 Å². The topological polar surface area (TPSA) is 88.7 Å². The zero-order valence-electron chi connectivity index (χ0n) is 19.8. The molecule has 1 saturated heterocycles. The molecule has 1 N–H and O–H groups in total. The first kappa shape index (κ1) is 24.2. The molecule has 0 radical (unpaired) electrons. The molecule has 176 valence electrons. The summed E-state index contributed by atoms with van der Waals surface area (Å²) in [6.07, 6.45) is 7.98. The molecule has 0 spiro atoms. The van der Waals surface area contributed by atoms with E-state index in [2.05, 4.69) is 29.2 Å². The predicted molar refractivity (Wildman–Crippen MR) is 123 cm³/mol. The highest BCUT2D eigenvalue weighted by atomic mass is 16.6. The fourth-order valence-corrected chi connectivity index (χ4v) is 4.00. The van der Waals surface area contributed by atoms with Gasteiger partial charge in [-0.2, -0.15) is 4.98 Å². The van der Waals surface area contributed by atoms with Gasteiger partial charge in [-0.25, -0.2) is 4.79 Å². The average molecular weight is 444 g/mol. The Balaban J connectivity index is 1.61. The van der Waals surface area contributed by atoms with Gasteiger partial charge in [0, 0.05) is 12.1 Å². The van der Waals surface area contributed by atoms with Crippen LogP contribution < -0.4 is 0 Å². The molecule has 0 aliphatic carbocycles. The molecule has 32 heavy (non-hydrogen) atoms. The van der Waals surface area contributed by atoms with E-state index < -0.39 is 23.8 Å². The second-order valence-corrected chi connectivity index (χ2v) is 9.65. The Labute approximate surface area is 191 Å². The molecule has 1 fully saturated rings. The number of aryl methyl sites for hydroxylation is 1. The van der Waals surface area contributed by atoms with Crippen molar-refractivity contribution in [2.24, 2.45) is 0 Å². The number of benzene rings is 1. The summed E-state index contributed by atoms with van der Waals surface area (Å²) >= 11 is 0. The molecular formula is C25H37N3O4. The average Bonchev–Trinajstić information content (AvgIpc) is 3.36. The van der Waals surface area contributed by atoms with Crippen molar-refractivity contribution >= 4 is 6.09 Å². The summed E-state index contributed by atoms with van der Waals surface area (Å²) in [4.78, 5) is 18.5. The van der Waals surface area contributed by atoms with Crippen LogP contribution in [0.2, 0.25) is 0 Å². The predicted octanol–water partition coefficient (Wildman–Crippen LogP) is 5.68. The summed E-state index contributed by atoms with van der Waals surface area (Å²) in [6, 6.07) is 7.51. The van der Waals surface area contributed by atoms with E-state index in [0.29, 0.717) is 18.8 Å². The lowest BCUT2D eigenvalue weighted by molar-refractivity contribution is 0.0107. The van der Waals surface area contributed by atoms with Crippen LogP contribution in [0, 0.1) is 0 Å². The number of likely N-dealkylation sites (tertiary alicyclic amines) is 1. The number of amides is 1. The van der Waals surface area contributed by atoms with Gasteiger partial charge in [0.2, 0.25) is 5.82 Å². The number of rotatable bonds is 9. The van der Waals surface area contributed by atoms with Crippen molar-refractivity contribution in [1.82, 2.24) is 15.0 Å². The van der Waals surface area contributed by atoms with Gasteiger partial charge < -0.3 is 14.4 Å². The minimum absolute atomic E-state index is 0.229.